The minimum absolute atomic E-state index is 0.132. The van der Waals surface area contributed by atoms with Gasteiger partial charge in [-0.1, -0.05) is 11.6 Å². The van der Waals surface area contributed by atoms with E-state index in [1.165, 1.54) is 74.9 Å². The molecule has 3 aromatic carbocycles. The first-order valence-electron chi connectivity index (χ1n) is 10.6. The minimum atomic E-state index is -0.735. The number of amides is 2. The van der Waals surface area contributed by atoms with E-state index < -0.39 is 22.7 Å². The zero-order valence-electron chi connectivity index (χ0n) is 19.4. The van der Waals surface area contributed by atoms with Crippen LogP contribution in [0.1, 0.15) is 10.4 Å². The van der Waals surface area contributed by atoms with Crippen molar-refractivity contribution >= 4 is 46.4 Å². The molecule has 0 radical (unpaired) electrons. The number of non-ortho nitro benzene ring substituents is 1. The molecule has 0 saturated heterocycles. The number of rotatable bonds is 8. The summed E-state index contributed by atoms with van der Waals surface area (Å²) in [5.41, 5.74) is 0.475. The summed E-state index contributed by atoms with van der Waals surface area (Å²) in [5.74, 6) is -1.27. The van der Waals surface area contributed by atoms with Gasteiger partial charge >= 0.3 is 5.97 Å². The molecule has 0 fully saturated rings. The Hall–Kier alpha value is -4.90. The van der Waals surface area contributed by atoms with Crippen LogP contribution in [0.25, 0.3) is 0 Å². The number of hydrogen-bond donors (Lipinski definition) is 1. The Bertz CT molecular complexity index is 1440. The highest BCUT2D eigenvalue weighted by Crippen LogP contribution is 2.37. The predicted molar refractivity (Wildman–Crippen MR) is 133 cm³/mol. The van der Waals surface area contributed by atoms with Crippen molar-refractivity contribution in [3.05, 3.63) is 93.1 Å². The molecule has 1 heterocycles. The van der Waals surface area contributed by atoms with Crippen molar-refractivity contribution in [2.75, 3.05) is 24.4 Å². The third-order valence-electron chi connectivity index (χ3n) is 5.30. The zero-order chi connectivity index (χ0) is 26.7. The van der Waals surface area contributed by atoms with Crippen molar-refractivity contribution in [1.29, 1.82) is 0 Å². The van der Waals surface area contributed by atoms with Crippen molar-refractivity contribution in [3.8, 4) is 17.2 Å². The first kappa shape index (κ1) is 25.2. The van der Waals surface area contributed by atoms with E-state index in [1.54, 1.807) is 6.07 Å². The van der Waals surface area contributed by atoms with Crippen LogP contribution in [-0.2, 0) is 9.59 Å². The number of benzene rings is 3. The lowest BCUT2D eigenvalue weighted by atomic mass is 10.2. The van der Waals surface area contributed by atoms with Crippen molar-refractivity contribution in [2.45, 2.75) is 0 Å². The maximum Gasteiger partial charge on any atom is 0.343 e. The Morgan fingerprint density at radius 3 is 2.16 bits per heavy atom. The van der Waals surface area contributed by atoms with Gasteiger partial charge in [0.1, 0.15) is 28.0 Å². The Kier molecular flexibility index (Phi) is 7.07. The van der Waals surface area contributed by atoms with Crippen LogP contribution < -0.4 is 24.4 Å². The molecule has 4 rings (SSSR count). The Balaban J connectivity index is 1.48. The fourth-order valence-corrected chi connectivity index (χ4v) is 3.65. The van der Waals surface area contributed by atoms with Crippen LogP contribution in [-0.4, -0.2) is 36.9 Å². The van der Waals surface area contributed by atoms with Crippen LogP contribution in [0.3, 0.4) is 0 Å². The maximum atomic E-state index is 13.1. The number of halogens is 1. The van der Waals surface area contributed by atoms with Crippen molar-refractivity contribution in [1.82, 2.24) is 0 Å². The summed E-state index contributed by atoms with van der Waals surface area (Å²) in [6.07, 6.45) is 0. The van der Waals surface area contributed by atoms with Gasteiger partial charge in [-0.2, -0.15) is 0 Å². The number of esters is 1. The summed E-state index contributed by atoms with van der Waals surface area (Å²) in [5, 5.41) is 13.2. The molecule has 12 heteroatoms. The fraction of sp³-hybridized carbons (Fsp3) is 0.0800. The van der Waals surface area contributed by atoms with Gasteiger partial charge in [0.05, 0.1) is 30.4 Å². The van der Waals surface area contributed by atoms with Crippen LogP contribution in [0.15, 0.2) is 77.5 Å². The molecular formula is C25H18ClN3O8. The molecule has 188 valence electrons. The normalized spacial score (nSPS) is 13.0. The van der Waals surface area contributed by atoms with Gasteiger partial charge in [-0.25, -0.2) is 9.69 Å². The molecule has 0 bridgehead atoms. The van der Waals surface area contributed by atoms with E-state index in [4.69, 9.17) is 25.8 Å². The molecule has 1 N–H and O–H groups in total. The first-order chi connectivity index (χ1) is 17.7. The highest BCUT2D eigenvalue weighted by Gasteiger charge is 2.40. The second-order valence-corrected chi connectivity index (χ2v) is 7.89. The van der Waals surface area contributed by atoms with Gasteiger partial charge in [-0.05, 0) is 48.5 Å². The second-order valence-electron chi connectivity index (χ2n) is 7.52. The Morgan fingerprint density at radius 1 is 0.919 bits per heavy atom. The topological polar surface area (TPSA) is 137 Å². The highest BCUT2D eigenvalue weighted by atomic mass is 35.5. The molecule has 11 nitrogen and oxygen atoms in total. The van der Waals surface area contributed by atoms with E-state index in [9.17, 15) is 24.5 Å². The van der Waals surface area contributed by atoms with E-state index in [2.05, 4.69) is 5.32 Å². The number of hydrogen-bond acceptors (Lipinski definition) is 9. The van der Waals surface area contributed by atoms with Crippen LogP contribution >= 0.6 is 11.6 Å². The lowest BCUT2D eigenvalue weighted by molar-refractivity contribution is -0.384. The van der Waals surface area contributed by atoms with Crippen LogP contribution in [0.4, 0.5) is 17.1 Å². The Labute approximate surface area is 214 Å². The van der Waals surface area contributed by atoms with Crippen LogP contribution in [0, 0.1) is 10.1 Å². The van der Waals surface area contributed by atoms with Gasteiger partial charge in [0.25, 0.3) is 17.5 Å². The SMILES string of the molecule is COc1ccc(N2C(=O)C(Cl)=C(Nc3ccc(C(=O)Oc4ccc([N+](=O)[O-])cc4)cc3)C2=O)c(OC)c1. The van der Waals surface area contributed by atoms with Gasteiger partial charge in [-0.15, -0.1) is 0 Å². The third kappa shape index (κ3) is 5.07. The third-order valence-corrected chi connectivity index (χ3v) is 5.65. The molecule has 2 amide bonds. The lowest BCUT2D eigenvalue weighted by Crippen LogP contribution is -2.32. The van der Waals surface area contributed by atoms with Crippen molar-refractivity contribution in [3.63, 3.8) is 0 Å². The van der Waals surface area contributed by atoms with E-state index in [1.807, 2.05) is 0 Å². The number of nitrogens with one attached hydrogen (secondary N) is 1. The molecule has 0 unspecified atom stereocenters. The molecule has 1 aliphatic rings. The lowest BCUT2D eigenvalue weighted by Gasteiger charge is -2.18. The summed E-state index contributed by atoms with van der Waals surface area (Å²) in [6, 6.07) is 15.6. The highest BCUT2D eigenvalue weighted by molar-refractivity contribution is 6.53. The monoisotopic (exact) mass is 523 g/mol. The quantitative estimate of drug-likeness (QED) is 0.151. The largest absolute Gasteiger partial charge is 0.497 e. The number of ether oxygens (including phenoxy) is 3. The van der Waals surface area contributed by atoms with Gasteiger partial charge in [-0.3, -0.25) is 19.7 Å². The molecule has 0 atom stereocenters. The average molecular weight is 524 g/mol. The van der Waals surface area contributed by atoms with Gasteiger partial charge in [0, 0.05) is 23.9 Å². The molecule has 0 saturated carbocycles. The van der Waals surface area contributed by atoms with E-state index in [-0.39, 0.29) is 39.2 Å². The molecule has 0 spiro atoms. The number of carbonyl (C=O) groups is 3. The van der Waals surface area contributed by atoms with Gasteiger partial charge in [0.2, 0.25) is 0 Å². The zero-order valence-corrected chi connectivity index (χ0v) is 20.1. The number of anilines is 2. The smallest absolute Gasteiger partial charge is 0.343 e. The number of methoxy groups -OCH3 is 2. The number of nitro benzene ring substituents is 1. The second kappa shape index (κ2) is 10.4. The van der Waals surface area contributed by atoms with Gasteiger partial charge in [0.15, 0.2) is 0 Å². The van der Waals surface area contributed by atoms with Crippen molar-refractivity contribution < 1.29 is 33.5 Å². The molecule has 1 aliphatic heterocycles. The van der Waals surface area contributed by atoms with Gasteiger partial charge < -0.3 is 19.5 Å². The number of nitrogens with zero attached hydrogens (tertiary/aromatic N) is 2. The first-order valence-corrected chi connectivity index (χ1v) is 11.0. The summed E-state index contributed by atoms with van der Waals surface area (Å²) in [7, 11) is 2.87. The summed E-state index contributed by atoms with van der Waals surface area (Å²) < 4.78 is 15.7. The Morgan fingerprint density at radius 2 is 1.57 bits per heavy atom. The maximum absolute atomic E-state index is 13.1. The fourth-order valence-electron chi connectivity index (χ4n) is 3.44. The summed E-state index contributed by atoms with van der Waals surface area (Å²) in [6.45, 7) is 0. The number of nitro groups is 1. The van der Waals surface area contributed by atoms with E-state index in [0.29, 0.717) is 11.4 Å². The van der Waals surface area contributed by atoms with Crippen LogP contribution in [0.2, 0.25) is 0 Å². The van der Waals surface area contributed by atoms with E-state index in [0.717, 1.165) is 4.90 Å². The summed E-state index contributed by atoms with van der Waals surface area (Å²) in [4.78, 5) is 49.4. The molecule has 37 heavy (non-hydrogen) atoms. The van der Waals surface area contributed by atoms with Crippen molar-refractivity contribution in [2.24, 2.45) is 0 Å². The molecule has 3 aromatic rings. The molecule has 0 aliphatic carbocycles. The molecular weight excluding hydrogens is 506 g/mol. The number of carbonyl (C=O) groups excluding carboxylic acids is 3. The average Bonchev–Trinajstić information content (AvgIpc) is 3.11. The summed E-state index contributed by atoms with van der Waals surface area (Å²) >= 11 is 6.20. The molecule has 0 aromatic heterocycles. The predicted octanol–water partition coefficient (Wildman–Crippen LogP) is 4.27. The van der Waals surface area contributed by atoms with Crippen LogP contribution in [0.5, 0.6) is 17.2 Å². The minimum Gasteiger partial charge on any atom is -0.497 e. The number of imide groups is 1. The van der Waals surface area contributed by atoms with E-state index >= 15 is 0 Å². The standard InChI is InChI=1S/C25H18ClN3O8/c1-35-18-11-12-19(20(13-18)36-2)28-23(30)21(26)22(24(28)31)27-15-5-3-14(4-6-15)25(32)37-17-9-7-16(8-10-17)29(33)34/h3-13,27H,1-2H3.